The Balaban J connectivity index is 2.53. The smallest absolute Gasteiger partial charge is 0.307 e. The molecule has 1 heterocycles. The Hall–Kier alpha value is -1.36. The Morgan fingerprint density at radius 3 is 2.61 bits per heavy atom. The number of rotatable bonds is 1. The van der Waals surface area contributed by atoms with Crippen molar-refractivity contribution >= 4 is 16.0 Å². The maximum atomic E-state index is 11.3. The molecule has 5 heteroatoms. The summed E-state index contributed by atoms with van der Waals surface area (Å²) >= 11 is 0. The summed E-state index contributed by atoms with van der Waals surface area (Å²) in [7, 11) is -3.55. The molecule has 0 spiro atoms. The lowest BCUT2D eigenvalue weighted by molar-refractivity contribution is 0.487. The molecule has 0 bridgehead atoms. The summed E-state index contributed by atoms with van der Waals surface area (Å²) in [4.78, 5) is 4.26. The largest absolute Gasteiger partial charge is 0.362 e. The van der Waals surface area contributed by atoms with E-state index in [1.165, 1.54) is 0 Å². The molecule has 2 rings (SSSR count). The van der Waals surface area contributed by atoms with Crippen molar-refractivity contribution in [3.63, 3.8) is 0 Å². The van der Waals surface area contributed by atoms with Gasteiger partial charge in [-0.05, 0) is 23.5 Å². The van der Waals surface area contributed by atoms with Crippen LogP contribution in [0.15, 0.2) is 29.3 Å². The maximum absolute atomic E-state index is 11.3. The fourth-order valence-corrected chi connectivity index (χ4v) is 2.56. The number of hydrogen-bond acceptors (Lipinski definition) is 4. The lowest BCUT2D eigenvalue weighted by atomic mass is 9.80. The number of aliphatic imine (C=N–C) groups is 1. The minimum absolute atomic E-state index is 0.0390. The van der Waals surface area contributed by atoms with Crippen LogP contribution in [-0.4, -0.2) is 27.1 Å². The highest BCUT2D eigenvalue weighted by atomic mass is 32.2. The summed E-state index contributed by atoms with van der Waals surface area (Å²) in [6.07, 6.45) is 1.90. The van der Waals surface area contributed by atoms with Gasteiger partial charge in [-0.25, -0.2) is 0 Å². The third-order valence-electron chi connectivity index (χ3n) is 3.11. The van der Waals surface area contributed by atoms with Crippen LogP contribution < -0.4 is 0 Å². The highest BCUT2D eigenvalue weighted by Gasteiger charge is 2.29. The van der Waals surface area contributed by atoms with Crippen molar-refractivity contribution in [2.75, 3.05) is 12.8 Å². The van der Waals surface area contributed by atoms with E-state index < -0.39 is 10.1 Å². The highest BCUT2D eigenvalue weighted by Crippen LogP contribution is 2.32. The van der Waals surface area contributed by atoms with E-state index in [1.807, 2.05) is 24.3 Å². The van der Waals surface area contributed by atoms with E-state index in [0.717, 1.165) is 23.8 Å². The summed E-state index contributed by atoms with van der Waals surface area (Å²) in [5, 5.41) is 0. The molecule has 1 aliphatic heterocycles. The molecule has 0 fully saturated rings. The molecule has 0 atom stereocenters. The van der Waals surface area contributed by atoms with E-state index in [1.54, 1.807) is 0 Å². The van der Waals surface area contributed by atoms with Crippen molar-refractivity contribution in [1.82, 2.24) is 0 Å². The minimum atomic E-state index is -3.55. The molecule has 1 aliphatic rings. The van der Waals surface area contributed by atoms with Gasteiger partial charge in [-0.15, -0.1) is 0 Å². The Morgan fingerprint density at radius 2 is 1.94 bits per heavy atom. The van der Waals surface area contributed by atoms with E-state index in [9.17, 15) is 8.42 Å². The number of fused-ring (bicyclic) bond motifs is 1. The molecule has 1 aromatic carbocycles. The van der Waals surface area contributed by atoms with E-state index in [4.69, 9.17) is 4.18 Å². The van der Waals surface area contributed by atoms with Crippen LogP contribution in [0, 0.1) is 0 Å². The summed E-state index contributed by atoms with van der Waals surface area (Å²) in [6, 6.07) is 7.67. The molecule has 0 N–H and O–H groups in total. The summed E-state index contributed by atoms with van der Waals surface area (Å²) in [5.74, 6) is 0.207. The molecule has 98 valence electrons. The van der Waals surface area contributed by atoms with Crippen LogP contribution in [0.5, 0.6) is 0 Å². The molecule has 18 heavy (non-hydrogen) atoms. The molecule has 0 amide bonds. The van der Waals surface area contributed by atoms with Gasteiger partial charge in [-0.2, -0.15) is 8.42 Å². The van der Waals surface area contributed by atoms with Gasteiger partial charge in [0.15, 0.2) is 0 Å². The molecule has 0 unspecified atom stereocenters. The molecule has 0 aromatic heterocycles. The predicted octanol–water partition coefficient (Wildman–Crippen LogP) is 2.09. The molecule has 4 nitrogen and oxygen atoms in total. The fraction of sp³-hybridized carbons (Fsp3) is 0.462. The summed E-state index contributed by atoms with van der Waals surface area (Å²) < 4.78 is 27.6. The fourth-order valence-electron chi connectivity index (χ4n) is 2.13. The first-order valence-corrected chi connectivity index (χ1v) is 7.65. The molecule has 0 radical (unpaired) electrons. The Kier molecular flexibility index (Phi) is 3.19. The van der Waals surface area contributed by atoms with E-state index in [0.29, 0.717) is 6.54 Å². The molecule has 0 saturated carbocycles. The topological polar surface area (TPSA) is 55.7 Å². The lowest BCUT2D eigenvalue weighted by Gasteiger charge is -2.24. The predicted molar refractivity (Wildman–Crippen MR) is 71.4 cm³/mol. The zero-order chi connectivity index (χ0) is 13.4. The number of benzene rings is 1. The average molecular weight is 267 g/mol. The van der Waals surface area contributed by atoms with Crippen LogP contribution in [0.2, 0.25) is 0 Å². The van der Waals surface area contributed by atoms with Gasteiger partial charge >= 0.3 is 10.1 Å². The molecular formula is C13H17NO3S. The normalized spacial score (nSPS) is 18.5. The second kappa shape index (κ2) is 4.39. The average Bonchev–Trinajstić information content (AvgIpc) is 2.36. The van der Waals surface area contributed by atoms with Crippen molar-refractivity contribution in [3.05, 3.63) is 35.4 Å². The van der Waals surface area contributed by atoms with Gasteiger partial charge in [-0.3, -0.25) is 4.99 Å². The van der Waals surface area contributed by atoms with E-state index in [2.05, 4.69) is 18.8 Å². The summed E-state index contributed by atoms with van der Waals surface area (Å²) in [5.41, 5.74) is 1.80. The highest BCUT2D eigenvalue weighted by molar-refractivity contribution is 7.86. The summed E-state index contributed by atoms with van der Waals surface area (Å²) in [6.45, 7) is 4.82. The quantitative estimate of drug-likeness (QED) is 0.732. The van der Waals surface area contributed by atoms with E-state index >= 15 is 0 Å². The van der Waals surface area contributed by atoms with Crippen LogP contribution in [0.1, 0.15) is 31.4 Å². The third-order valence-corrected chi connectivity index (χ3v) is 3.57. The molecule has 0 aliphatic carbocycles. The Morgan fingerprint density at radius 1 is 1.28 bits per heavy atom. The maximum Gasteiger partial charge on any atom is 0.307 e. The monoisotopic (exact) mass is 267 g/mol. The van der Waals surface area contributed by atoms with Gasteiger partial charge in [0.05, 0.1) is 6.26 Å². The van der Waals surface area contributed by atoms with Gasteiger partial charge < -0.3 is 4.18 Å². The van der Waals surface area contributed by atoms with Crippen LogP contribution >= 0.6 is 0 Å². The van der Waals surface area contributed by atoms with Gasteiger partial charge in [0.1, 0.15) is 0 Å². The first-order valence-electron chi connectivity index (χ1n) is 5.83. The number of hydrogen-bond donors (Lipinski definition) is 0. The van der Waals surface area contributed by atoms with Gasteiger partial charge in [0, 0.05) is 12.1 Å². The van der Waals surface area contributed by atoms with Gasteiger partial charge in [0.25, 0.3) is 0 Å². The standard InChI is InChI=1S/C13H17NO3S/c1-13(2)8-9-14-12(17-18(3,15)16)10-6-4-5-7-11(10)13/h4-7H,8-9H2,1-3H3. The van der Waals surface area contributed by atoms with Crippen LogP contribution in [0.25, 0.3) is 0 Å². The van der Waals surface area contributed by atoms with Crippen molar-refractivity contribution in [1.29, 1.82) is 0 Å². The first kappa shape index (κ1) is 13.1. The SMILES string of the molecule is CC1(C)CCN=C(OS(C)(=O)=O)c2ccccc21. The first-order chi connectivity index (χ1) is 8.30. The molecular weight excluding hydrogens is 250 g/mol. The zero-order valence-corrected chi connectivity index (χ0v) is 11.6. The number of nitrogens with zero attached hydrogens (tertiary/aromatic N) is 1. The zero-order valence-electron chi connectivity index (χ0n) is 10.8. The second-order valence-electron chi connectivity index (χ2n) is 5.15. The Labute approximate surface area is 108 Å². The van der Waals surface area contributed by atoms with Crippen molar-refractivity contribution in [2.24, 2.45) is 4.99 Å². The molecule has 1 aromatic rings. The second-order valence-corrected chi connectivity index (χ2v) is 6.73. The van der Waals surface area contributed by atoms with Crippen molar-refractivity contribution in [2.45, 2.75) is 25.7 Å². The third kappa shape index (κ3) is 2.72. The van der Waals surface area contributed by atoms with Crippen molar-refractivity contribution < 1.29 is 12.6 Å². The molecule has 0 saturated heterocycles. The minimum Gasteiger partial charge on any atom is -0.362 e. The van der Waals surface area contributed by atoms with Gasteiger partial charge in [-0.1, -0.05) is 32.0 Å². The van der Waals surface area contributed by atoms with Crippen LogP contribution in [0.4, 0.5) is 0 Å². The van der Waals surface area contributed by atoms with Crippen LogP contribution in [-0.2, 0) is 19.7 Å². The van der Waals surface area contributed by atoms with E-state index in [-0.39, 0.29) is 11.3 Å². The van der Waals surface area contributed by atoms with Crippen LogP contribution in [0.3, 0.4) is 0 Å². The van der Waals surface area contributed by atoms with Gasteiger partial charge in [0.2, 0.25) is 5.90 Å². The lowest BCUT2D eigenvalue weighted by Crippen LogP contribution is -2.20. The Bertz CT molecular complexity index is 588. The van der Waals surface area contributed by atoms with Crippen molar-refractivity contribution in [3.8, 4) is 0 Å².